The van der Waals surface area contributed by atoms with Gasteiger partial charge in [0.1, 0.15) is 5.76 Å². The smallest absolute Gasteiger partial charge is 0.331 e. The first-order valence-corrected chi connectivity index (χ1v) is 7.50. The number of hydrogen-bond acceptors (Lipinski definition) is 4. The van der Waals surface area contributed by atoms with E-state index >= 15 is 0 Å². The summed E-state index contributed by atoms with van der Waals surface area (Å²) >= 11 is 0. The fraction of sp³-hybridized carbons (Fsp3) is 0.222. The topological polar surface area (TPSA) is 59.8 Å². The lowest BCUT2D eigenvalue weighted by Crippen LogP contribution is -2.38. The van der Waals surface area contributed by atoms with Crippen molar-refractivity contribution in [2.24, 2.45) is 0 Å². The summed E-state index contributed by atoms with van der Waals surface area (Å²) in [5, 5.41) is 0. The van der Waals surface area contributed by atoms with Gasteiger partial charge < -0.3 is 14.1 Å². The van der Waals surface area contributed by atoms with Crippen LogP contribution in [0.25, 0.3) is 6.08 Å². The summed E-state index contributed by atoms with van der Waals surface area (Å²) in [6.07, 6.45) is 6.14. The molecule has 0 atom stereocenters. The molecule has 0 bridgehead atoms. The molecule has 1 aliphatic rings. The molecule has 5 heteroatoms. The first kappa shape index (κ1) is 15.1. The van der Waals surface area contributed by atoms with Gasteiger partial charge in [0.15, 0.2) is 6.61 Å². The third kappa shape index (κ3) is 3.69. The molecule has 1 aromatic carbocycles. The molecule has 0 saturated carbocycles. The van der Waals surface area contributed by atoms with E-state index in [1.165, 1.54) is 18.4 Å². The van der Waals surface area contributed by atoms with Crippen molar-refractivity contribution in [3.8, 4) is 0 Å². The van der Waals surface area contributed by atoms with Gasteiger partial charge >= 0.3 is 5.97 Å². The zero-order valence-electron chi connectivity index (χ0n) is 12.6. The third-order valence-electron chi connectivity index (χ3n) is 3.68. The molecule has 118 valence electrons. The van der Waals surface area contributed by atoms with E-state index in [1.54, 1.807) is 17.0 Å². The van der Waals surface area contributed by atoms with E-state index in [9.17, 15) is 9.59 Å². The molecule has 2 heterocycles. The second-order valence-corrected chi connectivity index (χ2v) is 5.23. The fourth-order valence-corrected chi connectivity index (χ4v) is 2.59. The first-order chi connectivity index (χ1) is 11.2. The zero-order valence-corrected chi connectivity index (χ0v) is 12.6. The summed E-state index contributed by atoms with van der Waals surface area (Å²) in [5.41, 5.74) is 2.06. The van der Waals surface area contributed by atoms with E-state index < -0.39 is 5.97 Å². The molecule has 0 radical (unpaired) electrons. The Balaban J connectivity index is 1.57. The van der Waals surface area contributed by atoms with Crippen LogP contribution in [0.2, 0.25) is 0 Å². The molecule has 1 aromatic heterocycles. The highest BCUT2D eigenvalue weighted by Gasteiger charge is 2.22. The lowest BCUT2D eigenvalue weighted by molar-refractivity contribution is -0.142. The summed E-state index contributed by atoms with van der Waals surface area (Å²) in [7, 11) is 0. The first-order valence-electron chi connectivity index (χ1n) is 7.50. The summed E-state index contributed by atoms with van der Waals surface area (Å²) in [6.45, 7) is 0.380. The molecule has 23 heavy (non-hydrogen) atoms. The van der Waals surface area contributed by atoms with Crippen LogP contribution >= 0.6 is 0 Å². The SMILES string of the molecule is O=C(C=Cc1ccco1)OCC(=O)N1CCCc2ccccc21. The molecular formula is C18H17NO4. The number of fused-ring (bicyclic) bond motifs is 1. The lowest BCUT2D eigenvalue weighted by Gasteiger charge is -2.29. The van der Waals surface area contributed by atoms with Gasteiger partial charge in [-0.1, -0.05) is 18.2 Å². The minimum absolute atomic E-state index is 0.211. The quantitative estimate of drug-likeness (QED) is 0.643. The van der Waals surface area contributed by atoms with Crippen LogP contribution in [0.5, 0.6) is 0 Å². The molecule has 1 amide bonds. The molecule has 0 aliphatic carbocycles. The fourth-order valence-electron chi connectivity index (χ4n) is 2.59. The molecule has 0 spiro atoms. The Labute approximate surface area is 134 Å². The Morgan fingerprint density at radius 2 is 2.09 bits per heavy atom. The minimum atomic E-state index is -0.569. The lowest BCUT2D eigenvalue weighted by atomic mass is 10.0. The van der Waals surface area contributed by atoms with Crippen molar-refractivity contribution in [2.45, 2.75) is 12.8 Å². The summed E-state index contributed by atoms with van der Waals surface area (Å²) in [5.74, 6) is -0.227. The Morgan fingerprint density at radius 1 is 1.22 bits per heavy atom. The van der Waals surface area contributed by atoms with Gasteiger partial charge in [0.25, 0.3) is 5.91 Å². The van der Waals surface area contributed by atoms with Gasteiger partial charge in [0, 0.05) is 18.3 Å². The van der Waals surface area contributed by atoms with E-state index in [1.807, 2.05) is 24.3 Å². The number of amides is 1. The van der Waals surface area contributed by atoms with Gasteiger partial charge in [0.2, 0.25) is 0 Å². The number of hydrogen-bond donors (Lipinski definition) is 0. The number of benzene rings is 1. The molecule has 1 aliphatic heterocycles. The zero-order chi connectivity index (χ0) is 16.1. The highest BCUT2D eigenvalue weighted by Crippen LogP contribution is 2.26. The number of para-hydroxylation sites is 1. The van der Waals surface area contributed by atoms with Crippen molar-refractivity contribution in [3.63, 3.8) is 0 Å². The predicted octanol–water partition coefficient (Wildman–Crippen LogP) is 2.82. The van der Waals surface area contributed by atoms with Crippen LogP contribution in [0.1, 0.15) is 17.7 Å². The van der Waals surface area contributed by atoms with E-state index in [-0.39, 0.29) is 12.5 Å². The molecular weight excluding hydrogens is 294 g/mol. The van der Waals surface area contributed by atoms with Crippen molar-refractivity contribution < 1.29 is 18.7 Å². The van der Waals surface area contributed by atoms with Crippen molar-refractivity contribution in [1.29, 1.82) is 0 Å². The predicted molar refractivity (Wildman–Crippen MR) is 85.8 cm³/mol. The van der Waals surface area contributed by atoms with Crippen LogP contribution in [-0.2, 0) is 20.7 Å². The van der Waals surface area contributed by atoms with Crippen LogP contribution in [0.3, 0.4) is 0 Å². The van der Waals surface area contributed by atoms with Crippen molar-refractivity contribution in [2.75, 3.05) is 18.1 Å². The summed E-state index contributed by atoms with van der Waals surface area (Å²) < 4.78 is 10.1. The van der Waals surface area contributed by atoms with Crippen LogP contribution in [0.15, 0.2) is 53.2 Å². The third-order valence-corrected chi connectivity index (χ3v) is 3.68. The van der Waals surface area contributed by atoms with Gasteiger partial charge in [-0.15, -0.1) is 0 Å². The molecule has 0 fully saturated rings. The number of esters is 1. The van der Waals surface area contributed by atoms with Crippen LogP contribution in [0, 0.1) is 0 Å². The van der Waals surface area contributed by atoms with Crippen molar-refractivity contribution >= 4 is 23.6 Å². The number of carbonyl (C=O) groups is 2. The normalized spacial score (nSPS) is 13.8. The van der Waals surface area contributed by atoms with Gasteiger partial charge in [-0.2, -0.15) is 0 Å². The molecule has 2 aromatic rings. The number of anilines is 1. The summed E-state index contributed by atoms with van der Waals surface area (Å²) in [4.78, 5) is 25.6. The van der Waals surface area contributed by atoms with E-state index in [4.69, 9.17) is 9.15 Å². The average Bonchev–Trinajstić information content (AvgIpc) is 3.11. The minimum Gasteiger partial charge on any atom is -0.465 e. The van der Waals surface area contributed by atoms with E-state index in [0.717, 1.165) is 24.1 Å². The highest BCUT2D eigenvalue weighted by atomic mass is 16.5. The van der Waals surface area contributed by atoms with Crippen LogP contribution in [-0.4, -0.2) is 25.0 Å². The van der Waals surface area contributed by atoms with Gasteiger partial charge in [-0.05, 0) is 42.7 Å². The second kappa shape index (κ2) is 6.96. The average molecular weight is 311 g/mol. The maximum Gasteiger partial charge on any atom is 0.331 e. The van der Waals surface area contributed by atoms with Gasteiger partial charge in [-0.25, -0.2) is 4.79 Å². The number of rotatable bonds is 4. The number of aryl methyl sites for hydroxylation is 1. The second-order valence-electron chi connectivity index (χ2n) is 5.23. The Morgan fingerprint density at radius 3 is 2.91 bits per heavy atom. The summed E-state index contributed by atoms with van der Waals surface area (Å²) in [6, 6.07) is 11.3. The molecule has 5 nitrogen and oxygen atoms in total. The molecule has 0 saturated heterocycles. The Kier molecular flexibility index (Phi) is 4.57. The number of nitrogens with zero attached hydrogens (tertiary/aromatic N) is 1. The molecule has 3 rings (SSSR count). The molecule has 0 unspecified atom stereocenters. The Hall–Kier alpha value is -2.82. The number of carbonyl (C=O) groups excluding carboxylic acids is 2. The standard InChI is InChI=1S/C18H17NO4/c20-17(13-23-18(21)10-9-15-7-4-12-22-15)19-11-3-6-14-5-1-2-8-16(14)19/h1-2,4-5,7-10,12H,3,6,11,13H2. The van der Waals surface area contributed by atoms with Gasteiger partial charge in [0.05, 0.1) is 6.26 Å². The highest BCUT2D eigenvalue weighted by molar-refractivity contribution is 5.97. The maximum atomic E-state index is 12.3. The van der Waals surface area contributed by atoms with Crippen molar-refractivity contribution in [1.82, 2.24) is 0 Å². The van der Waals surface area contributed by atoms with Crippen LogP contribution < -0.4 is 4.90 Å². The van der Waals surface area contributed by atoms with E-state index in [0.29, 0.717) is 12.3 Å². The molecule has 0 N–H and O–H groups in total. The maximum absolute atomic E-state index is 12.3. The van der Waals surface area contributed by atoms with Gasteiger partial charge in [-0.3, -0.25) is 4.79 Å². The van der Waals surface area contributed by atoms with E-state index in [2.05, 4.69) is 0 Å². The number of ether oxygens (including phenoxy) is 1. The largest absolute Gasteiger partial charge is 0.465 e. The Bertz CT molecular complexity index is 718. The van der Waals surface area contributed by atoms with Crippen LogP contribution in [0.4, 0.5) is 5.69 Å². The van der Waals surface area contributed by atoms with Crippen molar-refractivity contribution in [3.05, 3.63) is 60.1 Å². The monoisotopic (exact) mass is 311 g/mol. The number of furan rings is 1.